The fourth-order valence-corrected chi connectivity index (χ4v) is 5.21. The molecular formula is C32H20N2. The highest BCUT2D eigenvalue weighted by Gasteiger charge is 2.17. The van der Waals surface area contributed by atoms with Crippen molar-refractivity contribution in [2.24, 2.45) is 0 Å². The maximum Gasteiger partial charge on any atom is 0.0794 e. The number of hydrogen-bond acceptors (Lipinski definition) is 2. The molecule has 0 unspecified atom stereocenters. The van der Waals surface area contributed by atoms with E-state index in [0.717, 1.165) is 27.9 Å². The summed E-state index contributed by atoms with van der Waals surface area (Å²) in [7, 11) is 0. The maximum atomic E-state index is 5.25. The number of rotatable bonds is 2. The van der Waals surface area contributed by atoms with E-state index in [2.05, 4.69) is 108 Å². The van der Waals surface area contributed by atoms with Gasteiger partial charge in [0.05, 0.1) is 11.2 Å². The van der Waals surface area contributed by atoms with E-state index in [1.54, 1.807) is 0 Å². The number of nitrogens with zero attached hydrogens (tertiary/aromatic N) is 2. The summed E-state index contributed by atoms with van der Waals surface area (Å²) < 4.78 is 0. The van der Waals surface area contributed by atoms with E-state index in [9.17, 15) is 0 Å². The third kappa shape index (κ3) is 2.82. The van der Waals surface area contributed by atoms with Crippen LogP contribution in [0.2, 0.25) is 0 Å². The number of aromatic nitrogens is 2. The van der Waals surface area contributed by atoms with Gasteiger partial charge in [0.2, 0.25) is 0 Å². The molecule has 0 aliphatic carbocycles. The summed E-state index contributed by atoms with van der Waals surface area (Å²) >= 11 is 0. The van der Waals surface area contributed by atoms with Crippen molar-refractivity contribution in [3.63, 3.8) is 0 Å². The predicted octanol–water partition coefficient (Wildman–Crippen LogP) is 8.42. The van der Waals surface area contributed by atoms with Crippen molar-refractivity contribution < 1.29 is 0 Å². The standard InChI is InChI=1S/C32H20N2/c1-3-14-26-24(12-1)25-13-2-4-15-27(25)31-30(26)28-16-5-6-17-29(28)34-32(31)22-10-7-9-21(19-22)23-11-8-18-33-20-23/h1-20H. The first kappa shape index (κ1) is 19.0. The van der Waals surface area contributed by atoms with Crippen molar-refractivity contribution in [1.82, 2.24) is 9.97 Å². The molecule has 0 radical (unpaired) electrons. The lowest BCUT2D eigenvalue weighted by atomic mass is 9.89. The van der Waals surface area contributed by atoms with Crippen LogP contribution in [0.4, 0.5) is 0 Å². The van der Waals surface area contributed by atoms with Crippen molar-refractivity contribution in [3.05, 3.63) is 122 Å². The van der Waals surface area contributed by atoms with E-state index in [-0.39, 0.29) is 0 Å². The van der Waals surface area contributed by atoms with Gasteiger partial charge in [0.1, 0.15) is 0 Å². The van der Waals surface area contributed by atoms with Crippen LogP contribution in [0, 0.1) is 0 Å². The minimum Gasteiger partial charge on any atom is -0.264 e. The Bertz CT molecular complexity index is 1850. The lowest BCUT2D eigenvalue weighted by molar-refractivity contribution is 1.33. The second-order valence-corrected chi connectivity index (χ2v) is 8.64. The van der Waals surface area contributed by atoms with Gasteiger partial charge in [-0.2, -0.15) is 0 Å². The summed E-state index contributed by atoms with van der Waals surface area (Å²) in [6.07, 6.45) is 3.72. The number of benzene rings is 5. The molecule has 2 nitrogen and oxygen atoms in total. The van der Waals surface area contributed by atoms with E-state index in [1.807, 2.05) is 18.5 Å². The van der Waals surface area contributed by atoms with Crippen LogP contribution in [0.25, 0.3) is 65.6 Å². The summed E-state index contributed by atoms with van der Waals surface area (Å²) in [5, 5.41) is 8.68. The van der Waals surface area contributed by atoms with Crippen molar-refractivity contribution >= 4 is 43.2 Å². The third-order valence-corrected chi connectivity index (χ3v) is 6.71. The van der Waals surface area contributed by atoms with Gasteiger partial charge in [-0.3, -0.25) is 4.98 Å². The lowest BCUT2D eigenvalue weighted by Crippen LogP contribution is -1.93. The number of pyridine rings is 2. The smallest absolute Gasteiger partial charge is 0.0794 e. The van der Waals surface area contributed by atoms with Crippen molar-refractivity contribution in [3.8, 4) is 22.4 Å². The minimum absolute atomic E-state index is 1.01. The zero-order valence-electron chi connectivity index (χ0n) is 18.4. The summed E-state index contributed by atoms with van der Waals surface area (Å²) in [6, 6.07) is 38.7. The fourth-order valence-electron chi connectivity index (χ4n) is 5.21. The highest BCUT2D eigenvalue weighted by molar-refractivity contribution is 6.33. The van der Waals surface area contributed by atoms with E-state index in [1.165, 1.54) is 37.7 Å². The largest absolute Gasteiger partial charge is 0.264 e. The van der Waals surface area contributed by atoms with Gasteiger partial charge in [0, 0.05) is 39.7 Å². The van der Waals surface area contributed by atoms with Crippen LogP contribution >= 0.6 is 0 Å². The topological polar surface area (TPSA) is 25.8 Å². The summed E-state index contributed by atoms with van der Waals surface area (Å²) in [6.45, 7) is 0. The zero-order valence-corrected chi connectivity index (χ0v) is 18.4. The Hall–Kier alpha value is -4.56. The van der Waals surface area contributed by atoms with E-state index in [0.29, 0.717) is 0 Å². The van der Waals surface area contributed by atoms with Crippen molar-refractivity contribution in [1.29, 1.82) is 0 Å². The molecule has 0 saturated heterocycles. The highest BCUT2D eigenvalue weighted by Crippen LogP contribution is 2.42. The molecule has 7 rings (SSSR count). The van der Waals surface area contributed by atoms with Gasteiger partial charge >= 0.3 is 0 Å². The highest BCUT2D eigenvalue weighted by atomic mass is 14.7. The van der Waals surface area contributed by atoms with Crippen molar-refractivity contribution in [2.75, 3.05) is 0 Å². The molecule has 0 N–H and O–H groups in total. The molecule has 7 aromatic rings. The number of para-hydroxylation sites is 1. The average Bonchev–Trinajstić information content (AvgIpc) is 2.93. The van der Waals surface area contributed by atoms with E-state index >= 15 is 0 Å². The molecule has 0 aliphatic rings. The molecule has 2 heteroatoms. The molecule has 0 amide bonds. The first-order chi connectivity index (χ1) is 16.9. The zero-order chi connectivity index (χ0) is 22.5. The third-order valence-electron chi connectivity index (χ3n) is 6.71. The molecule has 0 bridgehead atoms. The summed E-state index contributed by atoms with van der Waals surface area (Å²) in [4.78, 5) is 9.56. The van der Waals surface area contributed by atoms with Crippen LogP contribution in [0.1, 0.15) is 0 Å². The average molecular weight is 433 g/mol. The van der Waals surface area contributed by atoms with Crippen LogP contribution in [0.15, 0.2) is 122 Å². The minimum atomic E-state index is 1.01. The van der Waals surface area contributed by atoms with Gasteiger partial charge in [0.15, 0.2) is 0 Å². The Labute approximate surface area is 197 Å². The van der Waals surface area contributed by atoms with Gasteiger partial charge < -0.3 is 0 Å². The fraction of sp³-hybridized carbons (Fsp3) is 0. The van der Waals surface area contributed by atoms with Gasteiger partial charge in [0.25, 0.3) is 0 Å². The number of fused-ring (bicyclic) bond motifs is 8. The van der Waals surface area contributed by atoms with Crippen LogP contribution < -0.4 is 0 Å². The second kappa shape index (κ2) is 7.50. The van der Waals surface area contributed by atoms with Gasteiger partial charge in [-0.25, -0.2) is 4.98 Å². The van der Waals surface area contributed by atoms with Crippen LogP contribution in [0.3, 0.4) is 0 Å². The molecule has 2 heterocycles. The molecule has 0 spiro atoms. The first-order valence-electron chi connectivity index (χ1n) is 11.5. The van der Waals surface area contributed by atoms with E-state index in [4.69, 9.17) is 4.98 Å². The maximum absolute atomic E-state index is 5.25. The Morgan fingerprint density at radius 2 is 1.06 bits per heavy atom. The van der Waals surface area contributed by atoms with Crippen molar-refractivity contribution in [2.45, 2.75) is 0 Å². The van der Waals surface area contributed by atoms with Gasteiger partial charge in [-0.05, 0) is 45.3 Å². The molecule has 2 aromatic heterocycles. The van der Waals surface area contributed by atoms with E-state index < -0.39 is 0 Å². The summed E-state index contributed by atoms with van der Waals surface area (Å²) in [5.74, 6) is 0. The Morgan fingerprint density at radius 3 is 1.79 bits per heavy atom. The molecule has 0 aliphatic heterocycles. The molecule has 0 atom stereocenters. The summed E-state index contributed by atoms with van der Waals surface area (Å²) in [5.41, 5.74) is 5.37. The molecule has 0 fully saturated rings. The first-order valence-corrected chi connectivity index (χ1v) is 11.5. The van der Waals surface area contributed by atoms with Crippen LogP contribution in [0.5, 0.6) is 0 Å². The Morgan fingerprint density at radius 1 is 0.441 bits per heavy atom. The monoisotopic (exact) mass is 432 g/mol. The van der Waals surface area contributed by atoms with Crippen LogP contribution in [-0.4, -0.2) is 9.97 Å². The Balaban J connectivity index is 1.69. The molecule has 0 saturated carbocycles. The predicted molar refractivity (Wildman–Crippen MR) is 143 cm³/mol. The van der Waals surface area contributed by atoms with Gasteiger partial charge in [-0.15, -0.1) is 0 Å². The normalized spacial score (nSPS) is 11.5. The molecule has 5 aromatic carbocycles. The van der Waals surface area contributed by atoms with Crippen LogP contribution in [-0.2, 0) is 0 Å². The van der Waals surface area contributed by atoms with Gasteiger partial charge in [-0.1, -0.05) is 91.0 Å². The molecule has 34 heavy (non-hydrogen) atoms. The Kier molecular flexibility index (Phi) is 4.18. The molecule has 158 valence electrons. The quantitative estimate of drug-likeness (QED) is 0.256. The number of hydrogen-bond donors (Lipinski definition) is 0. The second-order valence-electron chi connectivity index (χ2n) is 8.64. The molecular weight excluding hydrogens is 412 g/mol. The SMILES string of the molecule is c1cncc(-c2cccc(-c3nc4ccccc4c4c5ccccc5c5ccccc5c34)c2)c1. The lowest BCUT2D eigenvalue weighted by Gasteiger charge is -2.16.